The molecular weight excluding hydrogens is 247 g/mol. The molecule has 18 heavy (non-hydrogen) atoms. The van der Waals surface area contributed by atoms with E-state index in [0.717, 1.165) is 23.4 Å². The van der Waals surface area contributed by atoms with Gasteiger partial charge in [0.2, 0.25) is 0 Å². The number of hydrogen-bond acceptors (Lipinski definition) is 3. The first-order valence-corrected chi connectivity index (χ1v) is 7.65. The van der Waals surface area contributed by atoms with Crippen molar-refractivity contribution in [3.8, 4) is 0 Å². The fraction of sp³-hybridized carbons (Fsp3) is 0.571. The maximum Gasteiger partial charge on any atom is 0.146 e. The molecule has 0 aliphatic heterocycles. The van der Waals surface area contributed by atoms with Gasteiger partial charge in [0.05, 0.1) is 5.69 Å². The first-order chi connectivity index (χ1) is 8.61. The highest BCUT2D eigenvalue weighted by Gasteiger charge is 2.16. The zero-order valence-electron chi connectivity index (χ0n) is 11.7. The molecule has 0 saturated heterocycles. The van der Waals surface area contributed by atoms with Crippen molar-refractivity contribution in [3.63, 3.8) is 0 Å². The summed E-state index contributed by atoms with van der Waals surface area (Å²) in [6, 6.07) is 5.62. The number of rotatable bonds is 7. The van der Waals surface area contributed by atoms with Crippen molar-refractivity contribution in [2.24, 2.45) is 0 Å². The largest absolute Gasteiger partial charge is 0.369 e. The van der Waals surface area contributed by atoms with Crippen LogP contribution in [-0.4, -0.2) is 32.1 Å². The number of halogens is 1. The summed E-state index contributed by atoms with van der Waals surface area (Å²) < 4.78 is 14.0. The summed E-state index contributed by atoms with van der Waals surface area (Å²) in [5, 5.41) is 3.09. The summed E-state index contributed by atoms with van der Waals surface area (Å²) in [5.41, 5.74) is 1.73. The number of anilines is 1. The molecule has 0 saturated carbocycles. The van der Waals surface area contributed by atoms with Crippen molar-refractivity contribution in [2.45, 2.75) is 25.9 Å². The minimum Gasteiger partial charge on any atom is -0.369 e. The van der Waals surface area contributed by atoms with Crippen LogP contribution in [0.4, 0.5) is 10.1 Å². The van der Waals surface area contributed by atoms with Crippen molar-refractivity contribution in [1.29, 1.82) is 0 Å². The summed E-state index contributed by atoms with van der Waals surface area (Å²) in [4.78, 5) is 2.05. The Balaban J connectivity index is 2.92. The van der Waals surface area contributed by atoms with E-state index in [1.807, 2.05) is 31.9 Å². The van der Waals surface area contributed by atoms with E-state index in [4.69, 9.17) is 0 Å². The van der Waals surface area contributed by atoms with Crippen LogP contribution in [0.1, 0.15) is 18.9 Å². The van der Waals surface area contributed by atoms with Crippen LogP contribution in [0.2, 0.25) is 0 Å². The van der Waals surface area contributed by atoms with E-state index in [2.05, 4.69) is 23.4 Å². The monoisotopic (exact) mass is 270 g/mol. The predicted molar refractivity (Wildman–Crippen MR) is 80.0 cm³/mol. The zero-order valence-corrected chi connectivity index (χ0v) is 12.5. The van der Waals surface area contributed by atoms with Gasteiger partial charge in [-0.25, -0.2) is 4.39 Å². The quantitative estimate of drug-likeness (QED) is 0.819. The number of nitrogens with zero attached hydrogens (tertiary/aromatic N) is 1. The topological polar surface area (TPSA) is 15.3 Å². The minimum absolute atomic E-state index is 0.138. The van der Waals surface area contributed by atoms with Crippen LogP contribution < -0.4 is 10.2 Å². The van der Waals surface area contributed by atoms with Gasteiger partial charge in [-0.05, 0) is 44.0 Å². The maximum atomic E-state index is 14.0. The van der Waals surface area contributed by atoms with E-state index in [-0.39, 0.29) is 5.82 Å². The Hall–Kier alpha value is -0.740. The molecule has 0 aromatic heterocycles. The molecule has 1 N–H and O–H groups in total. The molecule has 0 heterocycles. The van der Waals surface area contributed by atoms with Crippen molar-refractivity contribution in [2.75, 3.05) is 31.0 Å². The Kier molecular flexibility index (Phi) is 6.50. The number of para-hydroxylation sites is 1. The zero-order chi connectivity index (χ0) is 13.5. The van der Waals surface area contributed by atoms with E-state index in [0.29, 0.717) is 12.6 Å². The van der Waals surface area contributed by atoms with Gasteiger partial charge < -0.3 is 10.2 Å². The van der Waals surface area contributed by atoms with Crippen LogP contribution >= 0.6 is 11.8 Å². The molecule has 0 radical (unpaired) electrons. The second-order valence-electron chi connectivity index (χ2n) is 4.52. The fourth-order valence-electron chi connectivity index (χ4n) is 1.99. The van der Waals surface area contributed by atoms with E-state index >= 15 is 0 Å². The highest BCUT2D eigenvalue weighted by Crippen LogP contribution is 2.26. The molecule has 1 atom stereocenters. The van der Waals surface area contributed by atoms with Crippen LogP contribution in [0.25, 0.3) is 0 Å². The van der Waals surface area contributed by atoms with Crippen LogP contribution in [0.5, 0.6) is 0 Å². The Labute approximate surface area is 114 Å². The van der Waals surface area contributed by atoms with Crippen molar-refractivity contribution in [1.82, 2.24) is 5.32 Å². The van der Waals surface area contributed by atoms with Crippen LogP contribution in [0, 0.1) is 5.82 Å². The molecule has 0 fully saturated rings. The molecule has 1 aromatic rings. The van der Waals surface area contributed by atoms with Crippen molar-refractivity contribution >= 4 is 17.4 Å². The lowest BCUT2D eigenvalue weighted by atomic mass is 10.1. The lowest BCUT2D eigenvalue weighted by molar-refractivity contribution is 0.595. The van der Waals surface area contributed by atoms with Crippen molar-refractivity contribution < 1.29 is 4.39 Å². The molecule has 0 amide bonds. The van der Waals surface area contributed by atoms with Gasteiger partial charge in [0, 0.05) is 19.6 Å². The van der Waals surface area contributed by atoms with Gasteiger partial charge in [-0.15, -0.1) is 0 Å². The second kappa shape index (κ2) is 7.64. The average molecular weight is 270 g/mol. The molecule has 0 aliphatic carbocycles. The summed E-state index contributed by atoms with van der Waals surface area (Å²) in [6.07, 6.45) is 3.16. The van der Waals surface area contributed by atoms with Gasteiger partial charge in [0.1, 0.15) is 5.82 Å². The molecule has 4 heteroatoms. The fourth-order valence-corrected chi connectivity index (χ4v) is 2.57. The third-order valence-corrected chi connectivity index (χ3v) is 3.84. The van der Waals surface area contributed by atoms with Gasteiger partial charge in [-0.2, -0.15) is 11.8 Å². The number of hydrogen-bond donors (Lipinski definition) is 1. The Morgan fingerprint density at radius 1 is 1.44 bits per heavy atom. The normalized spacial score (nSPS) is 12.5. The standard InChI is InChI=1S/C14H23FN2S/c1-11(8-9-18-4)17(3)14-12(10-16-2)6-5-7-13(14)15/h5-7,11,16H,8-10H2,1-4H3. The van der Waals surface area contributed by atoms with E-state index in [9.17, 15) is 4.39 Å². The van der Waals surface area contributed by atoms with Gasteiger partial charge in [0.25, 0.3) is 0 Å². The van der Waals surface area contributed by atoms with Crippen LogP contribution in [0.15, 0.2) is 18.2 Å². The molecule has 0 bridgehead atoms. The molecule has 0 spiro atoms. The van der Waals surface area contributed by atoms with Gasteiger partial charge in [-0.1, -0.05) is 12.1 Å². The number of nitrogens with one attached hydrogen (secondary N) is 1. The first kappa shape index (κ1) is 15.3. The Morgan fingerprint density at radius 2 is 2.17 bits per heavy atom. The third kappa shape index (κ3) is 3.89. The second-order valence-corrected chi connectivity index (χ2v) is 5.50. The summed E-state index contributed by atoms with van der Waals surface area (Å²) in [5.74, 6) is 0.961. The molecule has 2 nitrogen and oxygen atoms in total. The van der Waals surface area contributed by atoms with Crippen LogP contribution in [-0.2, 0) is 6.54 Å². The SMILES string of the molecule is CNCc1cccc(F)c1N(C)C(C)CCSC. The molecule has 1 rings (SSSR count). The Bertz CT molecular complexity index is 371. The van der Waals surface area contributed by atoms with Crippen LogP contribution in [0.3, 0.4) is 0 Å². The molecule has 1 aromatic carbocycles. The lowest BCUT2D eigenvalue weighted by Gasteiger charge is -2.29. The van der Waals surface area contributed by atoms with Gasteiger partial charge >= 0.3 is 0 Å². The maximum absolute atomic E-state index is 14.0. The van der Waals surface area contributed by atoms with E-state index in [1.54, 1.807) is 6.07 Å². The van der Waals surface area contributed by atoms with Crippen molar-refractivity contribution in [3.05, 3.63) is 29.6 Å². The van der Waals surface area contributed by atoms with E-state index < -0.39 is 0 Å². The molecule has 102 valence electrons. The molecular formula is C14H23FN2S. The molecule has 0 aliphatic rings. The predicted octanol–water partition coefficient (Wildman–Crippen LogP) is 3.12. The molecule has 1 unspecified atom stereocenters. The highest BCUT2D eigenvalue weighted by molar-refractivity contribution is 7.98. The summed E-state index contributed by atoms with van der Waals surface area (Å²) in [6.45, 7) is 2.83. The number of benzene rings is 1. The Morgan fingerprint density at radius 3 is 2.78 bits per heavy atom. The smallest absolute Gasteiger partial charge is 0.146 e. The lowest BCUT2D eigenvalue weighted by Crippen LogP contribution is -2.31. The third-order valence-electron chi connectivity index (χ3n) is 3.19. The number of thioether (sulfide) groups is 1. The van der Waals surface area contributed by atoms with Gasteiger partial charge in [-0.3, -0.25) is 0 Å². The average Bonchev–Trinajstić information content (AvgIpc) is 2.36. The van der Waals surface area contributed by atoms with Gasteiger partial charge in [0.15, 0.2) is 0 Å². The summed E-state index contributed by atoms with van der Waals surface area (Å²) in [7, 11) is 3.86. The first-order valence-electron chi connectivity index (χ1n) is 6.25. The van der Waals surface area contributed by atoms with E-state index in [1.165, 1.54) is 6.07 Å². The minimum atomic E-state index is -0.138. The summed E-state index contributed by atoms with van der Waals surface area (Å²) >= 11 is 1.83. The highest BCUT2D eigenvalue weighted by atomic mass is 32.2.